The fourth-order valence-corrected chi connectivity index (χ4v) is 2.83. The molecule has 0 bridgehead atoms. The van der Waals surface area contributed by atoms with Crippen LogP contribution in [0.25, 0.3) is 6.08 Å². The van der Waals surface area contributed by atoms with Crippen LogP contribution in [0.1, 0.15) is 31.0 Å². The Balaban J connectivity index is 2.15. The molecule has 23 heavy (non-hydrogen) atoms. The number of pyridine rings is 1. The fourth-order valence-electron chi connectivity index (χ4n) is 2.33. The van der Waals surface area contributed by atoms with E-state index < -0.39 is 0 Å². The van der Waals surface area contributed by atoms with Crippen molar-refractivity contribution in [3.63, 3.8) is 0 Å². The molecule has 0 aliphatic carbocycles. The van der Waals surface area contributed by atoms with Crippen LogP contribution < -0.4 is 5.32 Å². The standard InChI is InChI=1S/C17H18Cl2N4/c1-2-5-16-13(6-9-23(16)8-4-3-7-20)10-22-17-14(18)11-21-12-15(17)19/h2,5-6,9,11-12H,3-4,8,10H2,1H3,(H,21,22)/b5-2-. The van der Waals surface area contributed by atoms with Gasteiger partial charge >= 0.3 is 0 Å². The third-order valence-electron chi connectivity index (χ3n) is 3.42. The molecular formula is C17H18Cl2N4. The molecule has 1 N–H and O–H groups in total. The molecule has 2 aromatic rings. The normalized spacial score (nSPS) is 10.9. The molecule has 2 rings (SSSR count). The second-order valence-corrected chi connectivity index (χ2v) is 5.83. The lowest BCUT2D eigenvalue weighted by Crippen LogP contribution is -2.04. The van der Waals surface area contributed by atoms with Crippen molar-refractivity contribution < 1.29 is 0 Å². The molecule has 2 aromatic heterocycles. The first kappa shape index (κ1) is 17.4. The van der Waals surface area contributed by atoms with E-state index in [0.29, 0.717) is 28.7 Å². The molecule has 0 saturated carbocycles. The van der Waals surface area contributed by atoms with Gasteiger partial charge in [0.1, 0.15) is 0 Å². The van der Waals surface area contributed by atoms with Crippen molar-refractivity contribution in [2.75, 3.05) is 5.32 Å². The lowest BCUT2D eigenvalue weighted by Gasteiger charge is -2.11. The molecular weight excluding hydrogens is 331 g/mol. The van der Waals surface area contributed by atoms with E-state index in [1.54, 1.807) is 12.4 Å². The number of aromatic nitrogens is 2. The summed E-state index contributed by atoms with van der Waals surface area (Å²) in [6.45, 7) is 3.42. The molecule has 0 aliphatic rings. The van der Waals surface area contributed by atoms with E-state index in [9.17, 15) is 0 Å². The second-order valence-electron chi connectivity index (χ2n) is 5.01. The smallest absolute Gasteiger partial charge is 0.0836 e. The Morgan fingerprint density at radius 3 is 2.74 bits per heavy atom. The van der Waals surface area contributed by atoms with Crippen LogP contribution in [0.2, 0.25) is 10.0 Å². The molecule has 0 spiro atoms. The van der Waals surface area contributed by atoms with Crippen LogP contribution >= 0.6 is 23.2 Å². The minimum absolute atomic E-state index is 0.499. The summed E-state index contributed by atoms with van der Waals surface area (Å²) in [5.41, 5.74) is 2.95. The van der Waals surface area contributed by atoms with Crippen molar-refractivity contribution in [2.45, 2.75) is 32.9 Å². The average Bonchev–Trinajstić information content (AvgIpc) is 2.90. The fraction of sp³-hybridized carbons (Fsp3) is 0.294. The Kier molecular flexibility index (Phi) is 6.52. The monoisotopic (exact) mass is 348 g/mol. The van der Waals surface area contributed by atoms with Gasteiger partial charge in [-0.1, -0.05) is 29.3 Å². The Labute approximate surface area is 146 Å². The average molecular weight is 349 g/mol. The number of rotatable bonds is 7. The molecule has 0 radical (unpaired) electrons. The van der Waals surface area contributed by atoms with Crippen molar-refractivity contribution >= 4 is 35.0 Å². The Hall–Kier alpha value is -1.96. The highest BCUT2D eigenvalue weighted by Gasteiger charge is 2.09. The minimum Gasteiger partial charge on any atom is -0.378 e. The summed E-state index contributed by atoms with van der Waals surface area (Å²) in [4.78, 5) is 3.95. The van der Waals surface area contributed by atoms with Gasteiger partial charge in [-0.15, -0.1) is 0 Å². The summed E-state index contributed by atoms with van der Waals surface area (Å²) in [5, 5.41) is 12.9. The second kappa shape index (κ2) is 8.61. The lowest BCUT2D eigenvalue weighted by molar-refractivity contribution is 0.651. The summed E-state index contributed by atoms with van der Waals surface area (Å²) in [6, 6.07) is 4.24. The number of nitrogens with one attached hydrogen (secondary N) is 1. The first-order valence-corrected chi connectivity index (χ1v) is 8.13. The SMILES string of the molecule is C/C=C\c1c(CNc2c(Cl)cncc2Cl)ccn1CCCC#N. The van der Waals surface area contributed by atoms with Crippen LogP contribution in [-0.2, 0) is 13.1 Å². The Bertz CT molecular complexity index is 708. The number of anilines is 1. The summed E-state index contributed by atoms with van der Waals surface area (Å²) in [7, 11) is 0. The number of nitriles is 1. The summed E-state index contributed by atoms with van der Waals surface area (Å²) in [5.74, 6) is 0. The van der Waals surface area contributed by atoms with E-state index in [1.165, 1.54) is 0 Å². The summed E-state index contributed by atoms with van der Waals surface area (Å²) < 4.78 is 2.16. The Morgan fingerprint density at radius 1 is 1.35 bits per heavy atom. The third kappa shape index (κ3) is 4.51. The van der Waals surface area contributed by atoms with E-state index in [4.69, 9.17) is 28.5 Å². The maximum atomic E-state index is 8.67. The molecule has 120 valence electrons. The number of allylic oxidation sites excluding steroid dienone is 1. The van der Waals surface area contributed by atoms with Crippen LogP contribution in [0.4, 0.5) is 5.69 Å². The maximum Gasteiger partial charge on any atom is 0.0836 e. The van der Waals surface area contributed by atoms with Crippen LogP contribution in [0.15, 0.2) is 30.7 Å². The van der Waals surface area contributed by atoms with Crippen molar-refractivity contribution in [1.82, 2.24) is 9.55 Å². The summed E-state index contributed by atoms with van der Waals surface area (Å²) in [6.07, 6.45) is 10.6. The van der Waals surface area contributed by atoms with Crippen molar-refractivity contribution in [2.24, 2.45) is 0 Å². The van der Waals surface area contributed by atoms with Gasteiger partial charge in [-0.25, -0.2) is 0 Å². The first-order chi connectivity index (χ1) is 11.2. The van der Waals surface area contributed by atoms with E-state index in [1.807, 2.05) is 19.2 Å². The van der Waals surface area contributed by atoms with Crippen molar-refractivity contribution in [3.8, 4) is 6.07 Å². The minimum atomic E-state index is 0.499. The number of aryl methyl sites for hydroxylation is 1. The molecule has 4 nitrogen and oxygen atoms in total. The van der Waals surface area contributed by atoms with Gasteiger partial charge in [0.25, 0.3) is 0 Å². The van der Waals surface area contributed by atoms with Crippen LogP contribution in [0.5, 0.6) is 0 Å². The van der Waals surface area contributed by atoms with Gasteiger partial charge in [0.2, 0.25) is 0 Å². The van der Waals surface area contributed by atoms with Crippen LogP contribution in [0.3, 0.4) is 0 Å². The predicted octanol–water partition coefficient (Wildman–Crippen LogP) is 5.14. The van der Waals surface area contributed by atoms with Gasteiger partial charge in [0, 0.05) is 43.8 Å². The largest absolute Gasteiger partial charge is 0.378 e. The lowest BCUT2D eigenvalue weighted by atomic mass is 10.2. The summed E-state index contributed by atoms with van der Waals surface area (Å²) >= 11 is 12.3. The topological polar surface area (TPSA) is 53.6 Å². The van der Waals surface area contributed by atoms with Crippen LogP contribution in [0, 0.1) is 11.3 Å². The Morgan fingerprint density at radius 2 is 2.09 bits per heavy atom. The van der Waals surface area contributed by atoms with Gasteiger partial charge in [0.15, 0.2) is 0 Å². The van der Waals surface area contributed by atoms with E-state index >= 15 is 0 Å². The molecule has 0 unspecified atom stereocenters. The molecule has 0 aliphatic heterocycles. The third-order valence-corrected chi connectivity index (χ3v) is 3.99. The van der Waals surface area contributed by atoms with E-state index in [-0.39, 0.29) is 0 Å². The zero-order valence-corrected chi connectivity index (χ0v) is 14.4. The van der Waals surface area contributed by atoms with Crippen molar-refractivity contribution in [3.05, 3.63) is 52.0 Å². The molecule has 0 fully saturated rings. The highest BCUT2D eigenvalue weighted by molar-refractivity contribution is 6.38. The quantitative estimate of drug-likeness (QED) is 0.704. The number of halogens is 2. The molecule has 0 saturated heterocycles. The first-order valence-electron chi connectivity index (χ1n) is 7.38. The zero-order valence-electron chi connectivity index (χ0n) is 12.9. The molecule has 2 heterocycles. The maximum absolute atomic E-state index is 8.67. The van der Waals surface area contributed by atoms with Crippen LogP contribution in [-0.4, -0.2) is 9.55 Å². The van der Waals surface area contributed by atoms with E-state index in [2.05, 4.69) is 33.1 Å². The number of unbranched alkanes of at least 4 members (excludes halogenated alkanes) is 1. The number of hydrogen-bond acceptors (Lipinski definition) is 3. The molecule has 0 atom stereocenters. The van der Waals surface area contributed by atoms with Gasteiger partial charge < -0.3 is 9.88 Å². The predicted molar refractivity (Wildman–Crippen MR) is 95.6 cm³/mol. The van der Waals surface area contributed by atoms with Gasteiger partial charge in [-0.3, -0.25) is 4.98 Å². The zero-order chi connectivity index (χ0) is 16.7. The number of hydrogen-bond donors (Lipinski definition) is 1. The highest BCUT2D eigenvalue weighted by Crippen LogP contribution is 2.29. The molecule has 6 heteroatoms. The van der Waals surface area contributed by atoms with Gasteiger partial charge in [0.05, 0.1) is 21.8 Å². The van der Waals surface area contributed by atoms with Gasteiger partial charge in [-0.2, -0.15) is 5.26 Å². The molecule has 0 amide bonds. The number of nitrogens with zero attached hydrogens (tertiary/aromatic N) is 3. The van der Waals surface area contributed by atoms with Crippen molar-refractivity contribution in [1.29, 1.82) is 5.26 Å². The van der Waals surface area contributed by atoms with E-state index in [0.717, 1.165) is 24.2 Å². The molecule has 0 aromatic carbocycles. The van der Waals surface area contributed by atoms with Gasteiger partial charge in [-0.05, 0) is 31.1 Å². The highest BCUT2D eigenvalue weighted by atomic mass is 35.5.